The highest BCUT2D eigenvalue weighted by Gasteiger charge is 2.26. The van der Waals surface area contributed by atoms with Crippen LogP contribution in [0.4, 0.5) is 0 Å². The highest BCUT2D eigenvalue weighted by molar-refractivity contribution is 5.93. The normalized spacial score (nSPS) is 17.2. The Morgan fingerprint density at radius 2 is 2.32 bits per heavy atom. The number of fused-ring (bicyclic) bond motifs is 1. The van der Waals surface area contributed by atoms with E-state index in [1.54, 1.807) is 17.4 Å². The zero-order chi connectivity index (χ0) is 17.2. The van der Waals surface area contributed by atoms with Crippen LogP contribution in [-0.2, 0) is 11.3 Å². The molecule has 0 N–H and O–H groups in total. The van der Waals surface area contributed by atoms with E-state index in [1.165, 1.54) is 0 Å². The van der Waals surface area contributed by atoms with Gasteiger partial charge in [-0.25, -0.2) is 4.98 Å². The van der Waals surface area contributed by atoms with Gasteiger partial charge in [0.15, 0.2) is 0 Å². The number of amides is 1. The van der Waals surface area contributed by atoms with Gasteiger partial charge in [0.05, 0.1) is 25.1 Å². The van der Waals surface area contributed by atoms with E-state index in [0.29, 0.717) is 18.8 Å². The standard InChI is InChI=1S/C19H21N3O3/c1-14-6-7-18-20-10-17(22(18)11-14)19(23)21(12-15-4-2-8-24-15)13-16-5-3-9-25-16/h2,4,6-8,10-11,16H,3,5,9,12-13H2,1H3. The van der Waals surface area contributed by atoms with Crippen molar-refractivity contribution >= 4 is 11.6 Å². The third-order valence-electron chi connectivity index (χ3n) is 4.53. The van der Waals surface area contributed by atoms with Crippen LogP contribution >= 0.6 is 0 Å². The molecule has 0 radical (unpaired) electrons. The molecule has 1 fully saturated rings. The Morgan fingerprint density at radius 3 is 3.08 bits per heavy atom. The third kappa shape index (κ3) is 3.30. The van der Waals surface area contributed by atoms with E-state index in [-0.39, 0.29) is 12.0 Å². The predicted octanol–water partition coefficient (Wildman–Crippen LogP) is 3.06. The number of rotatable bonds is 5. The second-order valence-electron chi connectivity index (χ2n) is 6.48. The molecule has 6 heteroatoms. The zero-order valence-corrected chi connectivity index (χ0v) is 14.2. The van der Waals surface area contributed by atoms with Crippen molar-refractivity contribution in [1.82, 2.24) is 14.3 Å². The maximum atomic E-state index is 13.2. The number of aromatic nitrogens is 2. The van der Waals surface area contributed by atoms with Crippen LogP contribution in [0.25, 0.3) is 5.65 Å². The highest BCUT2D eigenvalue weighted by atomic mass is 16.5. The van der Waals surface area contributed by atoms with Gasteiger partial charge in [0.1, 0.15) is 17.1 Å². The fraction of sp³-hybridized carbons (Fsp3) is 0.368. The van der Waals surface area contributed by atoms with Crippen LogP contribution in [0.3, 0.4) is 0 Å². The molecule has 3 aromatic rings. The number of carbonyl (C=O) groups excluding carboxylic acids is 1. The van der Waals surface area contributed by atoms with E-state index in [9.17, 15) is 4.79 Å². The number of ether oxygens (including phenoxy) is 1. The molecule has 1 aliphatic rings. The largest absolute Gasteiger partial charge is 0.467 e. The molecule has 0 spiro atoms. The molecule has 0 aliphatic carbocycles. The average Bonchev–Trinajstić information content (AvgIpc) is 3.35. The predicted molar refractivity (Wildman–Crippen MR) is 92.4 cm³/mol. The quantitative estimate of drug-likeness (QED) is 0.717. The lowest BCUT2D eigenvalue weighted by Gasteiger charge is -2.24. The third-order valence-corrected chi connectivity index (χ3v) is 4.53. The number of hydrogen-bond acceptors (Lipinski definition) is 4. The van der Waals surface area contributed by atoms with Gasteiger partial charge >= 0.3 is 0 Å². The summed E-state index contributed by atoms with van der Waals surface area (Å²) in [7, 11) is 0. The summed E-state index contributed by atoms with van der Waals surface area (Å²) < 4.78 is 13.0. The summed E-state index contributed by atoms with van der Waals surface area (Å²) in [5, 5.41) is 0. The second-order valence-corrected chi connectivity index (χ2v) is 6.48. The Balaban J connectivity index is 1.64. The molecule has 1 unspecified atom stereocenters. The molecule has 1 atom stereocenters. The summed E-state index contributed by atoms with van der Waals surface area (Å²) in [6, 6.07) is 7.63. The Kier molecular flexibility index (Phi) is 4.28. The first-order chi connectivity index (χ1) is 12.2. The van der Waals surface area contributed by atoms with Crippen molar-refractivity contribution in [3.05, 3.63) is 59.9 Å². The summed E-state index contributed by atoms with van der Waals surface area (Å²) in [6.45, 7) is 3.74. The monoisotopic (exact) mass is 339 g/mol. The number of nitrogens with zero attached hydrogens (tertiary/aromatic N) is 3. The van der Waals surface area contributed by atoms with Gasteiger partial charge in [0.2, 0.25) is 0 Å². The van der Waals surface area contributed by atoms with Gasteiger partial charge in [-0.3, -0.25) is 9.20 Å². The van der Waals surface area contributed by atoms with Gasteiger partial charge in [0, 0.05) is 19.3 Å². The minimum Gasteiger partial charge on any atom is -0.467 e. The SMILES string of the molecule is Cc1ccc2ncc(C(=O)N(Cc3ccco3)CC3CCCO3)n2c1. The van der Waals surface area contributed by atoms with Crippen molar-refractivity contribution in [2.75, 3.05) is 13.2 Å². The van der Waals surface area contributed by atoms with E-state index < -0.39 is 0 Å². The van der Waals surface area contributed by atoms with Crippen molar-refractivity contribution in [3.63, 3.8) is 0 Å². The van der Waals surface area contributed by atoms with E-state index in [0.717, 1.165) is 36.4 Å². The molecule has 1 amide bonds. The fourth-order valence-electron chi connectivity index (χ4n) is 3.25. The summed E-state index contributed by atoms with van der Waals surface area (Å²) in [5.74, 6) is 0.696. The lowest BCUT2D eigenvalue weighted by atomic mass is 10.2. The summed E-state index contributed by atoms with van der Waals surface area (Å²) in [4.78, 5) is 19.4. The Morgan fingerprint density at radius 1 is 1.40 bits per heavy atom. The molecule has 1 aliphatic heterocycles. The molecule has 0 bridgehead atoms. The number of imidazole rings is 1. The Bertz CT molecular complexity index is 863. The summed E-state index contributed by atoms with van der Waals surface area (Å²) in [6.07, 6.45) is 7.31. The first kappa shape index (κ1) is 15.9. The molecule has 130 valence electrons. The molecule has 1 saturated heterocycles. The van der Waals surface area contributed by atoms with Crippen molar-refractivity contribution < 1.29 is 13.9 Å². The molecular formula is C19H21N3O3. The van der Waals surface area contributed by atoms with Gasteiger partial charge in [-0.15, -0.1) is 0 Å². The molecule has 0 aromatic carbocycles. The van der Waals surface area contributed by atoms with Gasteiger partial charge in [0.25, 0.3) is 5.91 Å². The molecule has 0 saturated carbocycles. The number of hydrogen-bond donors (Lipinski definition) is 0. The molecule has 3 aromatic heterocycles. The van der Waals surface area contributed by atoms with Crippen LogP contribution in [0.2, 0.25) is 0 Å². The van der Waals surface area contributed by atoms with E-state index >= 15 is 0 Å². The smallest absolute Gasteiger partial charge is 0.272 e. The number of carbonyl (C=O) groups is 1. The van der Waals surface area contributed by atoms with Crippen molar-refractivity contribution in [1.29, 1.82) is 0 Å². The number of aryl methyl sites for hydroxylation is 1. The van der Waals surface area contributed by atoms with E-state index in [2.05, 4.69) is 4.98 Å². The lowest BCUT2D eigenvalue weighted by molar-refractivity contribution is 0.0486. The zero-order valence-electron chi connectivity index (χ0n) is 14.2. The average molecular weight is 339 g/mol. The van der Waals surface area contributed by atoms with Crippen LogP contribution in [0, 0.1) is 6.92 Å². The fourth-order valence-corrected chi connectivity index (χ4v) is 3.25. The van der Waals surface area contributed by atoms with Crippen molar-refractivity contribution in [3.8, 4) is 0 Å². The molecule has 25 heavy (non-hydrogen) atoms. The molecule has 6 nitrogen and oxygen atoms in total. The van der Waals surface area contributed by atoms with Crippen LogP contribution < -0.4 is 0 Å². The second kappa shape index (κ2) is 6.72. The van der Waals surface area contributed by atoms with Crippen LogP contribution in [0.15, 0.2) is 47.3 Å². The number of pyridine rings is 1. The Hall–Kier alpha value is -2.60. The van der Waals surface area contributed by atoms with Crippen LogP contribution in [-0.4, -0.2) is 39.4 Å². The maximum absolute atomic E-state index is 13.2. The van der Waals surface area contributed by atoms with E-state index in [1.807, 2.05) is 41.8 Å². The number of furan rings is 1. The lowest BCUT2D eigenvalue weighted by Crippen LogP contribution is -2.37. The minimum atomic E-state index is -0.0648. The molecular weight excluding hydrogens is 318 g/mol. The van der Waals surface area contributed by atoms with E-state index in [4.69, 9.17) is 9.15 Å². The van der Waals surface area contributed by atoms with Gasteiger partial charge in [-0.2, -0.15) is 0 Å². The van der Waals surface area contributed by atoms with Crippen LogP contribution in [0.1, 0.15) is 34.7 Å². The van der Waals surface area contributed by atoms with Gasteiger partial charge < -0.3 is 14.1 Å². The first-order valence-electron chi connectivity index (χ1n) is 8.58. The summed E-state index contributed by atoms with van der Waals surface area (Å²) in [5.41, 5.74) is 2.41. The molecule has 4 heterocycles. The first-order valence-corrected chi connectivity index (χ1v) is 8.58. The maximum Gasteiger partial charge on any atom is 0.272 e. The van der Waals surface area contributed by atoms with Gasteiger partial charge in [-0.05, 0) is 43.5 Å². The van der Waals surface area contributed by atoms with Crippen molar-refractivity contribution in [2.24, 2.45) is 0 Å². The minimum absolute atomic E-state index is 0.0648. The summed E-state index contributed by atoms with van der Waals surface area (Å²) >= 11 is 0. The van der Waals surface area contributed by atoms with Crippen LogP contribution in [0.5, 0.6) is 0 Å². The van der Waals surface area contributed by atoms with Gasteiger partial charge in [-0.1, -0.05) is 6.07 Å². The Labute approximate surface area is 146 Å². The molecule has 4 rings (SSSR count). The van der Waals surface area contributed by atoms with Crippen molar-refractivity contribution in [2.45, 2.75) is 32.4 Å². The topological polar surface area (TPSA) is 60.0 Å². The highest BCUT2D eigenvalue weighted by Crippen LogP contribution is 2.18.